The van der Waals surface area contributed by atoms with Crippen LogP contribution in [0.3, 0.4) is 0 Å². The average Bonchev–Trinajstić information content (AvgIpc) is 3.36. The number of thioether (sulfide) groups is 1. The molecule has 0 unspecified atom stereocenters. The predicted octanol–water partition coefficient (Wildman–Crippen LogP) is 2.94. The number of para-hydroxylation sites is 2. The van der Waals surface area contributed by atoms with Crippen LogP contribution in [-0.2, 0) is 19.6 Å². The molecule has 0 radical (unpaired) electrons. The van der Waals surface area contributed by atoms with Gasteiger partial charge in [-0.15, -0.1) is 10.2 Å². The smallest absolute Gasteiger partial charge is 0.257 e. The second-order valence-corrected chi connectivity index (χ2v) is 12.0. The van der Waals surface area contributed by atoms with Crippen molar-refractivity contribution in [2.45, 2.75) is 15.7 Å². The van der Waals surface area contributed by atoms with Crippen molar-refractivity contribution in [3.63, 3.8) is 0 Å². The maximum absolute atomic E-state index is 12.7. The summed E-state index contributed by atoms with van der Waals surface area (Å²) in [7, 11) is -2.09. The van der Waals surface area contributed by atoms with Crippen molar-refractivity contribution in [3.8, 4) is 5.75 Å². The summed E-state index contributed by atoms with van der Waals surface area (Å²) in [6, 6.07) is 12.9. The molecule has 1 aliphatic rings. The number of morpholine rings is 1. The lowest BCUT2D eigenvalue weighted by atomic mass is 10.2. The van der Waals surface area contributed by atoms with Crippen LogP contribution in [0.2, 0.25) is 0 Å². The van der Waals surface area contributed by atoms with E-state index in [4.69, 9.17) is 9.47 Å². The Kier molecular flexibility index (Phi) is 9.10. The molecule has 196 valence electrons. The van der Waals surface area contributed by atoms with Crippen LogP contribution in [0.1, 0.15) is 16.8 Å². The molecule has 2 aromatic carbocycles. The van der Waals surface area contributed by atoms with Gasteiger partial charge in [-0.25, -0.2) is 8.42 Å². The lowest BCUT2D eigenvalue weighted by Crippen LogP contribution is -2.40. The molecular formula is C23H25N5O6S3. The number of nitrogens with one attached hydrogen (secondary N) is 2. The third-order valence-corrected chi connectivity index (χ3v) is 9.17. The average molecular weight is 564 g/mol. The van der Waals surface area contributed by atoms with E-state index >= 15 is 0 Å². The van der Waals surface area contributed by atoms with Gasteiger partial charge in [0, 0.05) is 30.8 Å². The topological polar surface area (TPSA) is 140 Å². The predicted molar refractivity (Wildman–Crippen MR) is 141 cm³/mol. The molecule has 0 spiro atoms. The minimum absolute atomic E-state index is 0.121. The Bertz CT molecular complexity index is 1340. The molecule has 3 aromatic rings. The second kappa shape index (κ2) is 12.5. The summed E-state index contributed by atoms with van der Waals surface area (Å²) in [6.45, 7) is 1.32. The van der Waals surface area contributed by atoms with Crippen molar-refractivity contribution in [2.24, 2.45) is 0 Å². The number of hydrogen-bond donors (Lipinski definition) is 2. The Morgan fingerprint density at radius 2 is 1.81 bits per heavy atom. The number of rotatable bonds is 10. The van der Waals surface area contributed by atoms with E-state index in [9.17, 15) is 18.0 Å². The molecule has 37 heavy (non-hydrogen) atoms. The molecule has 14 heteroatoms. The van der Waals surface area contributed by atoms with E-state index in [1.54, 1.807) is 19.2 Å². The van der Waals surface area contributed by atoms with Crippen LogP contribution in [0.25, 0.3) is 0 Å². The van der Waals surface area contributed by atoms with Gasteiger partial charge in [0.15, 0.2) is 4.34 Å². The van der Waals surface area contributed by atoms with Gasteiger partial charge in [-0.05, 0) is 36.4 Å². The molecular weight excluding hydrogens is 538 g/mol. The zero-order chi connectivity index (χ0) is 26.3. The van der Waals surface area contributed by atoms with Crippen LogP contribution in [0.5, 0.6) is 5.75 Å². The number of ether oxygens (including phenoxy) is 2. The summed E-state index contributed by atoms with van der Waals surface area (Å²) < 4.78 is 37.9. The van der Waals surface area contributed by atoms with Crippen molar-refractivity contribution in [2.75, 3.05) is 49.8 Å². The molecule has 1 fully saturated rings. The van der Waals surface area contributed by atoms with Gasteiger partial charge in [0.05, 0.1) is 30.9 Å². The van der Waals surface area contributed by atoms with Crippen LogP contribution >= 0.6 is 23.1 Å². The van der Waals surface area contributed by atoms with Crippen molar-refractivity contribution >= 4 is 55.8 Å². The van der Waals surface area contributed by atoms with E-state index in [1.807, 2.05) is 12.1 Å². The lowest BCUT2D eigenvalue weighted by molar-refractivity contribution is -0.115. The molecule has 2 N–H and O–H groups in total. The van der Waals surface area contributed by atoms with Gasteiger partial charge >= 0.3 is 0 Å². The van der Waals surface area contributed by atoms with Gasteiger partial charge in [-0.1, -0.05) is 35.2 Å². The maximum Gasteiger partial charge on any atom is 0.257 e. The molecule has 0 atom stereocenters. The Balaban J connectivity index is 1.26. The molecule has 2 amide bonds. The fourth-order valence-electron chi connectivity index (χ4n) is 3.39. The van der Waals surface area contributed by atoms with E-state index in [2.05, 4.69) is 20.8 Å². The van der Waals surface area contributed by atoms with Crippen LogP contribution < -0.4 is 15.4 Å². The number of nitrogens with zero attached hydrogens (tertiary/aromatic N) is 3. The lowest BCUT2D eigenvalue weighted by Gasteiger charge is -2.26. The highest BCUT2D eigenvalue weighted by atomic mass is 32.2. The molecule has 1 saturated heterocycles. The number of aromatic nitrogens is 2. The first kappa shape index (κ1) is 27.0. The van der Waals surface area contributed by atoms with E-state index in [-0.39, 0.29) is 17.2 Å². The third-order valence-electron chi connectivity index (χ3n) is 5.29. The Labute approximate surface area is 222 Å². The standard InChI is InChI=1S/C23H25N5O6S3/c1-33-19-5-3-2-4-18(19)24-20(29)10-15-35-23-27-26-22(36-23)25-21(30)16-6-8-17(9-7-16)37(31,32)28-11-13-34-14-12-28/h2-9H,10-15H2,1H3,(H,24,29)(H,25,26,30). The van der Waals surface area contributed by atoms with Gasteiger partial charge < -0.3 is 14.8 Å². The minimum atomic E-state index is -3.63. The number of anilines is 2. The number of methoxy groups -OCH3 is 1. The van der Waals surface area contributed by atoms with Crippen LogP contribution in [0, 0.1) is 0 Å². The van der Waals surface area contributed by atoms with Crippen LogP contribution in [0.15, 0.2) is 57.8 Å². The zero-order valence-corrected chi connectivity index (χ0v) is 22.3. The molecule has 0 aliphatic carbocycles. The Morgan fingerprint density at radius 3 is 2.54 bits per heavy atom. The number of carbonyl (C=O) groups excluding carboxylic acids is 2. The number of hydrogen-bond acceptors (Lipinski definition) is 10. The van der Waals surface area contributed by atoms with Gasteiger partial charge in [0.1, 0.15) is 5.75 Å². The normalized spacial score (nSPS) is 14.2. The number of sulfonamides is 1. The third kappa shape index (κ3) is 7.05. The monoisotopic (exact) mass is 563 g/mol. The molecule has 4 rings (SSSR count). The first-order chi connectivity index (χ1) is 17.9. The van der Waals surface area contributed by atoms with Gasteiger partial charge in [-0.3, -0.25) is 14.9 Å². The number of amides is 2. The minimum Gasteiger partial charge on any atom is -0.495 e. The summed E-state index contributed by atoms with van der Waals surface area (Å²) in [5.41, 5.74) is 0.894. The van der Waals surface area contributed by atoms with Crippen LogP contribution in [0.4, 0.5) is 10.8 Å². The second-order valence-electron chi connectivity index (χ2n) is 7.72. The van der Waals surface area contributed by atoms with Crippen molar-refractivity contribution in [1.29, 1.82) is 0 Å². The molecule has 0 bridgehead atoms. The summed E-state index contributed by atoms with van der Waals surface area (Å²) in [5, 5.41) is 13.8. The highest BCUT2D eigenvalue weighted by Gasteiger charge is 2.26. The van der Waals surface area contributed by atoms with Gasteiger partial charge in [0.2, 0.25) is 21.1 Å². The van der Waals surface area contributed by atoms with Gasteiger partial charge in [0.25, 0.3) is 5.91 Å². The van der Waals surface area contributed by atoms with E-state index in [1.165, 1.54) is 51.7 Å². The molecule has 0 saturated carbocycles. The highest BCUT2D eigenvalue weighted by Crippen LogP contribution is 2.27. The number of benzene rings is 2. The van der Waals surface area contributed by atoms with E-state index in [0.29, 0.717) is 58.5 Å². The fraction of sp³-hybridized carbons (Fsp3) is 0.304. The number of carbonyl (C=O) groups is 2. The summed E-state index contributed by atoms with van der Waals surface area (Å²) in [5.74, 6) is 0.470. The zero-order valence-electron chi connectivity index (χ0n) is 19.9. The van der Waals surface area contributed by atoms with Crippen molar-refractivity contribution < 1.29 is 27.5 Å². The largest absolute Gasteiger partial charge is 0.495 e. The summed E-state index contributed by atoms with van der Waals surface area (Å²) in [4.78, 5) is 25.0. The Morgan fingerprint density at radius 1 is 1.08 bits per heavy atom. The van der Waals surface area contributed by atoms with Crippen molar-refractivity contribution in [1.82, 2.24) is 14.5 Å². The van der Waals surface area contributed by atoms with Crippen molar-refractivity contribution in [3.05, 3.63) is 54.1 Å². The summed E-state index contributed by atoms with van der Waals surface area (Å²) in [6.07, 6.45) is 0.254. The Hall–Kier alpha value is -3.04. The SMILES string of the molecule is COc1ccccc1NC(=O)CCSc1nnc(NC(=O)c2ccc(S(=O)(=O)N3CCOCC3)cc2)s1. The van der Waals surface area contributed by atoms with E-state index in [0.717, 1.165) is 0 Å². The van der Waals surface area contributed by atoms with Crippen LogP contribution in [-0.4, -0.2) is 73.9 Å². The van der Waals surface area contributed by atoms with E-state index < -0.39 is 15.9 Å². The molecule has 2 heterocycles. The summed E-state index contributed by atoms with van der Waals surface area (Å²) >= 11 is 2.54. The fourth-order valence-corrected chi connectivity index (χ4v) is 6.56. The highest BCUT2D eigenvalue weighted by molar-refractivity contribution is 8.01. The maximum atomic E-state index is 12.7. The molecule has 11 nitrogen and oxygen atoms in total. The first-order valence-electron chi connectivity index (χ1n) is 11.3. The molecule has 1 aliphatic heterocycles. The van der Waals surface area contributed by atoms with Gasteiger partial charge in [-0.2, -0.15) is 4.31 Å². The first-order valence-corrected chi connectivity index (χ1v) is 14.5. The quantitative estimate of drug-likeness (QED) is 0.281. The molecule has 1 aromatic heterocycles.